The molecule has 1 N–H and O–H groups in total. The molecule has 5 rings (SSSR count). The standard InChI is InChI=1S/C31H40N4O4S/c1-19(2)39-30(37)24-20(3)35(18-31(5,6)25-26(24)33-28-27(25)32-21(4)40-28)29(36)22-10-12-23(13-11-22)38-17-16-34-14-8-7-9-15-34/h10-13,19,33H,7-9,14-18H2,1-6H3. The van der Waals surface area contributed by atoms with Crippen molar-refractivity contribution in [3.05, 3.63) is 51.8 Å². The number of likely N-dealkylation sites (tertiary alicyclic amines) is 1. The van der Waals surface area contributed by atoms with Gasteiger partial charge in [0.05, 0.1) is 16.8 Å². The van der Waals surface area contributed by atoms with Gasteiger partial charge >= 0.3 is 5.97 Å². The van der Waals surface area contributed by atoms with E-state index in [1.165, 1.54) is 19.3 Å². The number of H-pyrrole nitrogens is 1. The maximum atomic E-state index is 14.0. The molecule has 0 atom stereocenters. The van der Waals surface area contributed by atoms with Gasteiger partial charge in [0.15, 0.2) is 0 Å². The van der Waals surface area contributed by atoms with Gasteiger partial charge in [0.25, 0.3) is 5.91 Å². The predicted octanol–water partition coefficient (Wildman–Crippen LogP) is 5.91. The van der Waals surface area contributed by atoms with Gasteiger partial charge < -0.3 is 19.4 Å². The molecule has 9 heteroatoms. The fraction of sp³-hybridized carbons (Fsp3) is 0.516. The molecule has 2 aromatic heterocycles. The monoisotopic (exact) mass is 564 g/mol. The fourth-order valence-electron chi connectivity index (χ4n) is 5.80. The number of piperidine rings is 1. The third-order valence-electron chi connectivity index (χ3n) is 7.72. The van der Waals surface area contributed by atoms with Gasteiger partial charge in [0.1, 0.15) is 28.3 Å². The molecule has 4 heterocycles. The lowest BCUT2D eigenvalue weighted by atomic mass is 9.83. The minimum atomic E-state index is -0.484. The van der Waals surface area contributed by atoms with Crippen molar-refractivity contribution in [1.29, 1.82) is 0 Å². The summed E-state index contributed by atoms with van der Waals surface area (Å²) >= 11 is 1.56. The van der Waals surface area contributed by atoms with Crippen molar-refractivity contribution in [2.24, 2.45) is 0 Å². The van der Waals surface area contributed by atoms with Crippen LogP contribution in [0.25, 0.3) is 15.9 Å². The molecule has 2 aliphatic heterocycles. The molecule has 214 valence electrons. The molecule has 0 bridgehead atoms. The Balaban J connectivity index is 1.43. The van der Waals surface area contributed by atoms with E-state index < -0.39 is 11.4 Å². The van der Waals surface area contributed by atoms with Gasteiger partial charge in [0, 0.05) is 35.3 Å². The summed E-state index contributed by atoms with van der Waals surface area (Å²) < 4.78 is 11.7. The number of rotatable bonds is 7. The number of ether oxygens (including phenoxy) is 2. The highest BCUT2D eigenvalue weighted by Crippen LogP contribution is 2.43. The van der Waals surface area contributed by atoms with Crippen molar-refractivity contribution < 1.29 is 19.1 Å². The van der Waals surface area contributed by atoms with Crippen LogP contribution in [0.2, 0.25) is 0 Å². The van der Waals surface area contributed by atoms with Crippen molar-refractivity contribution in [3.8, 4) is 5.75 Å². The molecule has 0 radical (unpaired) electrons. The molecule has 0 saturated carbocycles. The Morgan fingerprint density at radius 3 is 2.48 bits per heavy atom. The molecule has 1 amide bonds. The van der Waals surface area contributed by atoms with E-state index in [1.54, 1.807) is 28.4 Å². The number of carbonyl (C=O) groups excluding carboxylic acids is 2. The molecule has 0 aliphatic carbocycles. The highest BCUT2D eigenvalue weighted by Gasteiger charge is 2.41. The minimum absolute atomic E-state index is 0.170. The molecule has 40 heavy (non-hydrogen) atoms. The normalized spacial score (nSPS) is 17.7. The number of allylic oxidation sites excluding steroid dienone is 1. The lowest BCUT2D eigenvalue weighted by Gasteiger charge is -2.31. The van der Waals surface area contributed by atoms with E-state index >= 15 is 0 Å². The van der Waals surface area contributed by atoms with E-state index in [0.717, 1.165) is 46.3 Å². The summed E-state index contributed by atoms with van der Waals surface area (Å²) in [7, 11) is 0. The Morgan fingerprint density at radius 1 is 1.10 bits per heavy atom. The number of esters is 1. The van der Waals surface area contributed by atoms with Gasteiger partial charge in [-0.05, 0) is 77.9 Å². The topological polar surface area (TPSA) is 87.8 Å². The van der Waals surface area contributed by atoms with E-state index in [-0.39, 0.29) is 12.0 Å². The summed E-state index contributed by atoms with van der Waals surface area (Å²) in [5, 5.41) is 0.947. The van der Waals surface area contributed by atoms with Crippen LogP contribution in [0.15, 0.2) is 30.0 Å². The molecule has 1 saturated heterocycles. The van der Waals surface area contributed by atoms with Crippen molar-refractivity contribution >= 4 is 39.1 Å². The summed E-state index contributed by atoms with van der Waals surface area (Å²) in [5.41, 5.74) is 3.48. The second kappa shape index (κ2) is 11.4. The largest absolute Gasteiger partial charge is 0.492 e. The Kier molecular flexibility index (Phi) is 8.06. The number of nitrogens with one attached hydrogen (secondary N) is 1. The number of carbonyl (C=O) groups is 2. The zero-order chi connectivity index (χ0) is 28.6. The van der Waals surface area contributed by atoms with Crippen molar-refractivity contribution in [3.63, 3.8) is 0 Å². The Labute approximate surface area is 240 Å². The number of aromatic amines is 1. The molecule has 2 aliphatic rings. The van der Waals surface area contributed by atoms with Gasteiger partial charge in [-0.1, -0.05) is 20.3 Å². The number of aryl methyl sites for hydroxylation is 1. The first-order valence-electron chi connectivity index (χ1n) is 14.2. The van der Waals surface area contributed by atoms with Gasteiger partial charge in [-0.15, -0.1) is 11.3 Å². The van der Waals surface area contributed by atoms with E-state index in [2.05, 4.69) is 23.7 Å². The van der Waals surface area contributed by atoms with E-state index in [9.17, 15) is 9.59 Å². The van der Waals surface area contributed by atoms with Crippen LogP contribution < -0.4 is 4.74 Å². The zero-order valence-electron chi connectivity index (χ0n) is 24.4. The average molecular weight is 565 g/mol. The van der Waals surface area contributed by atoms with Gasteiger partial charge in [-0.3, -0.25) is 9.69 Å². The van der Waals surface area contributed by atoms with Crippen LogP contribution in [0.1, 0.15) is 80.5 Å². The number of thiazole rings is 1. The number of amides is 1. The fourth-order valence-corrected chi connectivity index (χ4v) is 6.63. The van der Waals surface area contributed by atoms with Crippen molar-refractivity contribution in [2.45, 2.75) is 72.3 Å². The number of hydrogen-bond donors (Lipinski definition) is 1. The predicted molar refractivity (Wildman–Crippen MR) is 159 cm³/mol. The lowest BCUT2D eigenvalue weighted by molar-refractivity contribution is -0.140. The van der Waals surface area contributed by atoms with Crippen LogP contribution in [0.3, 0.4) is 0 Å². The van der Waals surface area contributed by atoms with Crippen LogP contribution in [0.5, 0.6) is 5.75 Å². The Morgan fingerprint density at radius 2 is 1.80 bits per heavy atom. The summed E-state index contributed by atoms with van der Waals surface area (Å²) in [6.45, 7) is 15.8. The maximum Gasteiger partial charge on any atom is 0.342 e. The van der Waals surface area contributed by atoms with Crippen molar-refractivity contribution in [1.82, 2.24) is 19.8 Å². The number of benzene rings is 1. The summed E-state index contributed by atoms with van der Waals surface area (Å²) in [6, 6.07) is 7.31. The first-order chi connectivity index (χ1) is 19.0. The van der Waals surface area contributed by atoms with Gasteiger partial charge in [0.2, 0.25) is 0 Å². The van der Waals surface area contributed by atoms with E-state index in [4.69, 9.17) is 14.5 Å². The first kappa shape index (κ1) is 28.4. The first-order valence-corrected chi connectivity index (χ1v) is 15.1. The lowest BCUT2D eigenvalue weighted by Crippen LogP contribution is -2.39. The molecule has 8 nitrogen and oxygen atoms in total. The molecule has 1 aromatic carbocycles. The third-order valence-corrected chi connectivity index (χ3v) is 8.61. The molecule has 1 fully saturated rings. The number of hydrogen-bond acceptors (Lipinski definition) is 7. The van der Waals surface area contributed by atoms with Crippen LogP contribution in [-0.2, 0) is 14.9 Å². The van der Waals surface area contributed by atoms with Crippen LogP contribution in [0, 0.1) is 6.92 Å². The summed E-state index contributed by atoms with van der Waals surface area (Å²) in [6.07, 6.45) is 3.54. The molecule has 0 unspecified atom stereocenters. The Hall–Kier alpha value is -3.17. The number of fused-ring (bicyclic) bond motifs is 3. The number of aromatic nitrogens is 2. The van der Waals surface area contributed by atoms with Crippen LogP contribution >= 0.6 is 11.3 Å². The smallest absolute Gasteiger partial charge is 0.342 e. The SMILES string of the molecule is CC1=C(C(=O)OC(C)C)c2[nH]c3sc(C)nc3c2C(C)(C)CN1C(=O)c1ccc(OCCN2CCCCC2)cc1. The minimum Gasteiger partial charge on any atom is -0.492 e. The second-order valence-corrected chi connectivity index (χ2v) is 13.0. The third kappa shape index (κ3) is 5.67. The molecular formula is C31H40N4O4S. The maximum absolute atomic E-state index is 14.0. The number of nitrogens with zero attached hydrogens (tertiary/aromatic N) is 3. The van der Waals surface area contributed by atoms with E-state index in [1.807, 2.05) is 39.8 Å². The van der Waals surface area contributed by atoms with Crippen molar-refractivity contribution in [2.75, 3.05) is 32.8 Å². The summed E-state index contributed by atoms with van der Waals surface area (Å²) in [4.78, 5) is 40.8. The zero-order valence-corrected chi connectivity index (χ0v) is 25.2. The van der Waals surface area contributed by atoms with Gasteiger partial charge in [-0.25, -0.2) is 9.78 Å². The molecular weight excluding hydrogens is 524 g/mol. The highest BCUT2D eigenvalue weighted by molar-refractivity contribution is 7.18. The van der Waals surface area contributed by atoms with E-state index in [0.29, 0.717) is 35.7 Å². The average Bonchev–Trinajstić information content (AvgIpc) is 3.40. The molecule has 3 aromatic rings. The van der Waals surface area contributed by atoms with Gasteiger partial charge in [-0.2, -0.15) is 0 Å². The quantitative estimate of drug-likeness (QED) is 0.359. The van der Waals surface area contributed by atoms with Crippen LogP contribution in [0.4, 0.5) is 0 Å². The molecule has 0 spiro atoms. The Bertz CT molecular complexity index is 1430. The highest BCUT2D eigenvalue weighted by atomic mass is 32.1. The second-order valence-electron chi connectivity index (χ2n) is 11.8. The van der Waals surface area contributed by atoms with Crippen LogP contribution in [-0.4, -0.2) is 70.5 Å². The summed E-state index contributed by atoms with van der Waals surface area (Å²) in [5.74, 6) is 0.123.